The van der Waals surface area contributed by atoms with Crippen molar-refractivity contribution in [2.75, 3.05) is 0 Å². The van der Waals surface area contributed by atoms with Gasteiger partial charge in [-0.15, -0.1) is 0 Å². The number of hydrogen-bond acceptors (Lipinski definition) is 1. The van der Waals surface area contributed by atoms with Gasteiger partial charge in [0.1, 0.15) is 5.76 Å². The maximum absolute atomic E-state index is 9.60. The first-order chi connectivity index (χ1) is 5.99. The summed E-state index contributed by atoms with van der Waals surface area (Å²) in [6.45, 7) is 6.30. The van der Waals surface area contributed by atoms with Crippen molar-refractivity contribution >= 4 is 0 Å². The van der Waals surface area contributed by atoms with Crippen LogP contribution in [0.2, 0.25) is 0 Å². The van der Waals surface area contributed by atoms with Crippen LogP contribution in [0.5, 0.6) is 0 Å². The number of aliphatic hydroxyl groups is 1. The lowest BCUT2D eigenvalue weighted by Gasteiger charge is -2.10. The maximum Gasteiger partial charge on any atom is 0.122 e. The van der Waals surface area contributed by atoms with Crippen molar-refractivity contribution in [1.29, 1.82) is 0 Å². The second-order valence-corrected chi connectivity index (χ2v) is 4.26. The summed E-state index contributed by atoms with van der Waals surface area (Å²) in [5.74, 6) is 0.333. The molecule has 0 aliphatic heterocycles. The fraction of sp³-hybridized carbons (Fsp3) is 0.333. The molecular weight excluding hydrogens is 160 g/mol. The third-order valence-corrected chi connectivity index (χ3v) is 1.70. The Balaban J connectivity index is 2.75. The molecule has 0 atom stereocenters. The van der Waals surface area contributed by atoms with Crippen molar-refractivity contribution in [2.24, 2.45) is 5.41 Å². The molecule has 1 N–H and O–H groups in total. The summed E-state index contributed by atoms with van der Waals surface area (Å²) in [6.07, 6.45) is 11.4. The van der Waals surface area contributed by atoms with Crippen molar-refractivity contribution in [3.63, 3.8) is 0 Å². The van der Waals surface area contributed by atoms with Crippen LogP contribution in [0, 0.1) is 5.41 Å². The Morgan fingerprint density at radius 2 is 1.77 bits per heavy atom. The summed E-state index contributed by atoms with van der Waals surface area (Å²) in [6, 6.07) is 0. The van der Waals surface area contributed by atoms with E-state index in [1.165, 1.54) is 0 Å². The van der Waals surface area contributed by atoms with Gasteiger partial charge in [-0.3, -0.25) is 0 Å². The zero-order valence-corrected chi connectivity index (χ0v) is 8.41. The first kappa shape index (κ1) is 9.85. The highest BCUT2D eigenvalue weighted by Crippen LogP contribution is 2.18. The van der Waals surface area contributed by atoms with E-state index in [1.807, 2.05) is 30.4 Å². The molecule has 0 aromatic heterocycles. The number of hydrogen-bond donors (Lipinski definition) is 1. The van der Waals surface area contributed by atoms with E-state index >= 15 is 0 Å². The largest absolute Gasteiger partial charge is 0.507 e. The monoisotopic (exact) mass is 176 g/mol. The van der Waals surface area contributed by atoms with Gasteiger partial charge in [0.05, 0.1) is 0 Å². The van der Waals surface area contributed by atoms with Crippen molar-refractivity contribution in [1.82, 2.24) is 0 Å². The lowest BCUT2D eigenvalue weighted by atomic mass is 9.96. The van der Waals surface area contributed by atoms with Crippen LogP contribution in [0.15, 0.2) is 47.8 Å². The molecule has 1 aliphatic rings. The Morgan fingerprint density at radius 1 is 1.23 bits per heavy atom. The minimum absolute atomic E-state index is 0.112. The first-order valence-electron chi connectivity index (χ1n) is 4.46. The molecule has 0 radical (unpaired) electrons. The molecule has 0 saturated heterocycles. The summed E-state index contributed by atoms with van der Waals surface area (Å²) >= 11 is 0. The second-order valence-electron chi connectivity index (χ2n) is 4.26. The minimum Gasteiger partial charge on any atom is -0.507 e. The molecule has 0 spiro atoms. The highest BCUT2D eigenvalue weighted by Gasteiger charge is 2.05. The van der Waals surface area contributed by atoms with E-state index in [4.69, 9.17) is 0 Å². The van der Waals surface area contributed by atoms with Crippen molar-refractivity contribution in [3.8, 4) is 0 Å². The van der Waals surface area contributed by atoms with E-state index in [0.717, 1.165) is 5.57 Å². The van der Waals surface area contributed by atoms with Gasteiger partial charge in [-0.1, -0.05) is 51.2 Å². The van der Waals surface area contributed by atoms with Gasteiger partial charge in [0.2, 0.25) is 0 Å². The zero-order valence-electron chi connectivity index (χ0n) is 8.41. The molecule has 0 unspecified atom stereocenters. The van der Waals surface area contributed by atoms with Crippen LogP contribution < -0.4 is 0 Å². The Morgan fingerprint density at radius 3 is 2.23 bits per heavy atom. The van der Waals surface area contributed by atoms with Gasteiger partial charge in [0.25, 0.3) is 0 Å². The Labute approximate surface area is 79.8 Å². The molecular formula is C12H16O. The van der Waals surface area contributed by atoms with Crippen LogP contribution in [0.4, 0.5) is 0 Å². The average Bonchev–Trinajstić information content (AvgIpc) is 2.50. The van der Waals surface area contributed by atoms with Crippen LogP contribution in [0.25, 0.3) is 0 Å². The molecule has 0 saturated carbocycles. The van der Waals surface area contributed by atoms with Gasteiger partial charge in [0, 0.05) is 5.57 Å². The van der Waals surface area contributed by atoms with E-state index in [2.05, 4.69) is 20.8 Å². The molecule has 1 heteroatoms. The van der Waals surface area contributed by atoms with Gasteiger partial charge < -0.3 is 5.11 Å². The second kappa shape index (κ2) is 3.65. The van der Waals surface area contributed by atoms with Crippen LogP contribution in [-0.2, 0) is 0 Å². The Bertz CT molecular complexity index is 282. The molecule has 1 aliphatic carbocycles. The molecule has 1 rings (SSSR count). The normalized spacial score (nSPS) is 16.1. The zero-order chi connectivity index (χ0) is 9.90. The molecule has 0 heterocycles. The summed E-state index contributed by atoms with van der Waals surface area (Å²) in [4.78, 5) is 0. The minimum atomic E-state index is 0.112. The summed E-state index contributed by atoms with van der Waals surface area (Å²) < 4.78 is 0. The Hall–Kier alpha value is -1.24. The molecule has 0 amide bonds. The number of aliphatic hydroxyl groups excluding tert-OH is 1. The van der Waals surface area contributed by atoms with Crippen LogP contribution in [-0.4, -0.2) is 5.11 Å². The van der Waals surface area contributed by atoms with Gasteiger partial charge >= 0.3 is 0 Å². The number of allylic oxidation sites excluding steroid dienone is 7. The Kier molecular flexibility index (Phi) is 2.76. The fourth-order valence-electron chi connectivity index (χ4n) is 0.970. The standard InChI is InChI=1S/C12H16O/c1-12(2,3)9-8-11(13)10-6-4-5-7-10/h4-9,13H,1-3H3. The van der Waals surface area contributed by atoms with Crippen molar-refractivity contribution in [2.45, 2.75) is 20.8 Å². The molecule has 13 heavy (non-hydrogen) atoms. The van der Waals surface area contributed by atoms with Crippen LogP contribution in [0.1, 0.15) is 20.8 Å². The predicted molar refractivity (Wildman–Crippen MR) is 56.5 cm³/mol. The van der Waals surface area contributed by atoms with E-state index in [1.54, 1.807) is 6.08 Å². The van der Waals surface area contributed by atoms with E-state index in [9.17, 15) is 5.11 Å². The third-order valence-electron chi connectivity index (χ3n) is 1.70. The number of rotatable bonds is 1. The first-order valence-corrected chi connectivity index (χ1v) is 4.46. The SMILES string of the molecule is CC(C)(C)C=CC(O)=C1C=CC=C1. The molecule has 0 bridgehead atoms. The molecule has 0 aromatic carbocycles. The average molecular weight is 176 g/mol. The predicted octanol–water partition coefficient (Wildman–Crippen LogP) is 3.53. The summed E-state index contributed by atoms with van der Waals surface area (Å²) in [5.41, 5.74) is 0.987. The molecule has 0 fully saturated rings. The van der Waals surface area contributed by atoms with E-state index in [-0.39, 0.29) is 5.41 Å². The van der Waals surface area contributed by atoms with Gasteiger partial charge in [-0.05, 0) is 11.5 Å². The highest BCUT2D eigenvalue weighted by atomic mass is 16.3. The van der Waals surface area contributed by atoms with Crippen molar-refractivity contribution < 1.29 is 5.11 Å². The molecule has 0 aromatic rings. The molecule has 70 valence electrons. The van der Waals surface area contributed by atoms with E-state index < -0.39 is 0 Å². The fourth-order valence-corrected chi connectivity index (χ4v) is 0.970. The quantitative estimate of drug-likeness (QED) is 0.606. The third kappa shape index (κ3) is 3.32. The lowest BCUT2D eigenvalue weighted by molar-refractivity contribution is 0.426. The smallest absolute Gasteiger partial charge is 0.122 e. The van der Waals surface area contributed by atoms with E-state index in [0.29, 0.717) is 5.76 Å². The lowest BCUT2D eigenvalue weighted by Crippen LogP contribution is -1.98. The summed E-state index contributed by atoms with van der Waals surface area (Å²) in [5, 5.41) is 9.60. The highest BCUT2D eigenvalue weighted by molar-refractivity contribution is 5.44. The summed E-state index contributed by atoms with van der Waals surface area (Å²) in [7, 11) is 0. The van der Waals surface area contributed by atoms with Crippen molar-refractivity contribution in [3.05, 3.63) is 47.8 Å². The van der Waals surface area contributed by atoms with Gasteiger partial charge in [-0.25, -0.2) is 0 Å². The van der Waals surface area contributed by atoms with Crippen LogP contribution in [0.3, 0.4) is 0 Å². The maximum atomic E-state index is 9.60. The van der Waals surface area contributed by atoms with Gasteiger partial charge in [-0.2, -0.15) is 0 Å². The van der Waals surface area contributed by atoms with Gasteiger partial charge in [0.15, 0.2) is 0 Å². The molecule has 1 nitrogen and oxygen atoms in total. The van der Waals surface area contributed by atoms with Crippen LogP contribution >= 0.6 is 0 Å². The topological polar surface area (TPSA) is 20.2 Å².